The van der Waals surface area contributed by atoms with Crippen molar-refractivity contribution in [2.24, 2.45) is 11.1 Å². The summed E-state index contributed by atoms with van der Waals surface area (Å²) in [6.45, 7) is 3.99. The van der Waals surface area contributed by atoms with Crippen LogP contribution in [0.2, 0.25) is 0 Å². The van der Waals surface area contributed by atoms with Crippen molar-refractivity contribution in [3.8, 4) is 0 Å². The van der Waals surface area contributed by atoms with E-state index in [1.165, 1.54) is 6.07 Å². The van der Waals surface area contributed by atoms with E-state index >= 15 is 0 Å². The van der Waals surface area contributed by atoms with E-state index in [-0.39, 0.29) is 11.6 Å². The number of amides is 1. The molecule has 0 aliphatic rings. The summed E-state index contributed by atoms with van der Waals surface area (Å²) < 4.78 is 35.5. The zero-order valence-electron chi connectivity index (χ0n) is 10.8. The highest BCUT2D eigenvalue weighted by Crippen LogP contribution is 2.18. The lowest BCUT2D eigenvalue weighted by atomic mass is 10.1. The number of halogens is 1. The van der Waals surface area contributed by atoms with Crippen LogP contribution in [-0.4, -0.2) is 14.3 Å². The molecule has 7 heteroatoms. The average Bonchev–Trinajstić information content (AvgIpc) is 2.24. The van der Waals surface area contributed by atoms with Crippen molar-refractivity contribution in [3.05, 3.63) is 24.0 Å². The topological polar surface area (TPSA) is 89.3 Å². The molecule has 1 rings (SSSR count). The van der Waals surface area contributed by atoms with Gasteiger partial charge < -0.3 is 5.32 Å². The number of sulfonamides is 1. The number of nitrogens with two attached hydrogens (primary N) is 1. The maximum Gasteiger partial charge on any atom is 0.240 e. The van der Waals surface area contributed by atoms with Crippen LogP contribution in [-0.2, 0) is 14.8 Å². The molecule has 0 aliphatic heterocycles. The molecule has 0 saturated carbocycles. The standard InChI is InChI=1S/C12H17FN2O3S/c1-8(2)3-6-12(16)15-9-4-5-11(10(13)7-9)19(14,17)18/h4-5,7-8H,3,6H2,1-2H3,(H,15,16)(H2,14,17,18). The Balaban J connectivity index is 2.77. The molecule has 0 heterocycles. The molecule has 0 spiro atoms. The Bertz CT molecular complexity index is 570. The lowest BCUT2D eigenvalue weighted by molar-refractivity contribution is -0.116. The smallest absolute Gasteiger partial charge is 0.240 e. The number of carbonyl (C=O) groups excluding carboxylic acids is 1. The van der Waals surface area contributed by atoms with Crippen LogP contribution in [0, 0.1) is 11.7 Å². The maximum atomic E-state index is 13.5. The summed E-state index contributed by atoms with van der Waals surface area (Å²) in [5.74, 6) is -0.826. The van der Waals surface area contributed by atoms with Crippen molar-refractivity contribution in [3.63, 3.8) is 0 Å². The van der Waals surface area contributed by atoms with Crippen molar-refractivity contribution in [1.82, 2.24) is 0 Å². The Morgan fingerprint density at radius 2 is 2.05 bits per heavy atom. The largest absolute Gasteiger partial charge is 0.326 e. The average molecular weight is 288 g/mol. The highest BCUT2D eigenvalue weighted by atomic mass is 32.2. The first-order chi connectivity index (χ1) is 8.70. The van der Waals surface area contributed by atoms with Gasteiger partial charge in [0.2, 0.25) is 15.9 Å². The molecule has 5 nitrogen and oxygen atoms in total. The molecule has 1 aromatic rings. The molecule has 0 aromatic heterocycles. The second kappa shape index (κ2) is 6.12. The number of rotatable bonds is 5. The fourth-order valence-electron chi connectivity index (χ4n) is 1.45. The van der Waals surface area contributed by atoms with Gasteiger partial charge in [0.1, 0.15) is 10.7 Å². The summed E-state index contributed by atoms with van der Waals surface area (Å²) in [4.78, 5) is 10.9. The summed E-state index contributed by atoms with van der Waals surface area (Å²) in [6, 6.07) is 3.27. The van der Waals surface area contributed by atoms with Crippen LogP contribution >= 0.6 is 0 Å². The number of hydrogen-bond donors (Lipinski definition) is 2. The van der Waals surface area contributed by atoms with Gasteiger partial charge in [0.15, 0.2) is 0 Å². The van der Waals surface area contributed by atoms with Crippen molar-refractivity contribution in [2.75, 3.05) is 5.32 Å². The first kappa shape index (κ1) is 15.6. The first-order valence-electron chi connectivity index (χ1n) is 5.82. The maximum absolute atomic E-state index is 13.5. The molecular weight excluding hydrogens is 271 g/mol. The molecule has 19 heavy (non-hydrogen) atoms. The molecule has 0 saturated heterocycles. The Morgan fingerprint density at radius 1 is 1.42 bits per heavy atom. The third kappa shape index (κ3) is 4.96. The minimum absolute atomic E-state index is 0.207. The van der Waals surface area contributed by atoms with Gasteiger partial charge in [0.05, 0.1) is 0 Å². The Hall–Kier alpha value is -1.47. The van der Waals surface area contributed by atoms with E-state index in [9.17, 15) is 17.6 Å². The third-order valence-corrected chi connectivity index (χ3v) is 3.42. The minimum Gasteiger partial charge on any atom is -0.326 e. The van der Waals surface area contributed by atoms with E-state index in [0.717, 1.165) is 18.6 Å². The fourth-order valence-corrected chi connectivity index (χ4v) is 2.04. The van der Waals surface area contributed by atoms with Gasteiger partial charge in [-0.15, -0.1) is 0 Å². The van der Waals surface area contributed by atoms with E-state index in [1.54, 1.807) is 0 Å². The molecule has 0 aliphatic carbocycles. The molecule has 1 amide bonds. The van der Waals surface area contributed by atoms with Crippen LogP contribution < -0.4 is 10.5 Å². The second-order valence-corrected chi connectivity index (χ2v) is 6.20. The van der Waals surface area contributed by atoms with Gasteiger partial charge in [-0.2, -0.15) is 0 Å². The SMILES string of the molecule is CC(C)CCC(=O)Nc1ccc(S(N)(=O)=O)c(F)c1. The van der Waals surface area contributed by atoms with Gasteiger partial charge in [0, 0.05) is 12.1 Å². The van der Waals surface area contributed by atoms with Gasteiger partial charge >= 0.3 is 0 Å². The Labute approximate surface area is 112 Å². The zero-order chi connectivity index (χ0) is 14.6. The predicted octanol–water partition coefficient (Wildman–Crippen LogP) is 1.85. The van der Waals surface area contributed by atoms with E-state index < -0.39 is 20.7 Å². The van der Waals surface area contributed by atoms with E-state index in [1.807, 2.05) is 13.8 Å². The summed E-state index contributed by atoms with van der Waals surface area (Å²) in [5, 5.41) is 7.34. The van der Waals surface area contributed by atoms with E-state index in [2.05, 4.69) is 5.32 Å². The highest BCUT2D eigenvalue weighted by molar-refractivity contribution is 7.89. The van der Waals surface area contributed by atoms with Crippen molar-refractivity contribution in [1.29, 1.82) is 0 Å². The van der Waals surface area contributed by atoms with Crippen LogP contribution in [0.25, 0.3) is 0 Å². The first-order valence-corrected chi connectivity index (χ1v) is 7.37. The molecule has 106 valence electrons. The number of anilines is 1. The number of benzene rings is 1. The Kier molecular flexibility index (Phi) is 5.02. The lowest BCUT2D eigenvalue weighted by Gasteiger charge is -2.08. The Morgan fingerprint density at radius 3 is 2.53 bits per heavy atom. The fraction of sp³-hybridized carbons (Fsp3) is 0.417. The van der Waals surface area contributed by atoms with Crippen LogP contribution in [0.3, 0.4) is 0 Å². The normalized spacial score (nSPS) is 11.6. The molecule has 0 atom stereocenters. The van der Waals surface area contributed by atoms with Gasteiger partial charge in [0.25, 0.3) is 0 Å². The lowest BCUT2D eigenvalue weighted by Crippen LogP contribution is -2.15. The zero-order valence-corrected chi connectivity index (χ0v) is 11.6. The van der Waals surface area contributed by atoms with Crippen molar-refractivity contribution in [2.45, 2.75) is 31.6 Å². The summed E-state index contributed by atoms with van der Waals surface area (Å²) in [5.41, 5.74) is 0.207. The van der Waals surface area contributed by atoms with Crippen LogP contribution in [0.5, 0.6) is 0 Å². The summed E-state index contributed by atoms with van der Waals surface area (Å²) >= 11 is 0. The summed E-state index contributed by atoms with van der Waals surface area (Å²) in [6.07, 6.45) is 1.06. The third-order valence-electron chi connectivity index (χ3n) is 2.47. The molecule has 1 aromatic carbocycles. The van der Waals surface area contributed by atoms with Crippen LogP contribution in [0.1, 0.15) is 26.7 Å². The molecule has 0 unspecified atom stereocenters. The van der Waals surface area contributed by atoms with E-state index in [4.69, 9.17) is 5.14 Å². The van der Waals surface area contributed by atoms with E-state index in [0.29, 0.717) is 12.3 Å². The van der Waals surface area contributed by atoms with Gasteiger partial charge in [-0.3, -0.25) is 4.79 Å². The molecule has 3 N–H and O–H groups in total. The second-order valence-electron chi connectivity index (χ2n) is 4.67. The van der Waals surface area contributed by atoms with Gasteiger partial charge in [-0.1, -0.05) is 13.8 Å². The van der Waals surface area contributed by atoms with Gasteiger partial charge in [-0.05, 0) is 30.5 Å². The number of nitrogens with one attached hydrogen (secondary N) is 1. The molecule has 0 fully saturated rings. The van der Waals surface area contributed by atoms with Gasteiger partial charge in [-0.25, -0.2) is 17.9 Å². The van der Waals surface area contributed by atoms with Crippen molar-refractivity contribution >= 4 is 21.6 Å². The highest BCUT2D eigenvalue weighted by Gasteiger charge is 2.15. The number of hydrogen-bond acceptors (Lipinski definition) is 3. The molecular formula is C12H17FN2O3S. The van der Waals surface area contributed by atoms with Crippen LogP contribution in [0.4, 0.5) is 10.1 Å². The number of carbonyl (C=O) groups is 1. The monoisotopic (exact) mass is 288 g/mol. The minimum atomic E-state index is -4.09. The predicted molar refractivity (Wildman–Crippen MR) is 70.5 cm³/mol. The molecule has 0 bridgehead atoms. The van der Waals surface area contributed by atoms with Crippen LogP contribution in [0.15, 0.2) is 23.1 Å². The van der Waals surface area contributed by atoms with Crippen molar-refractivity contribution < 1.29 is 17.6 Å². The number of primary sulfonamides is 1. The molecule has 0 radical (unpaired) electrons. The summed E-state index contributed by atoms with van der Waals surface area (Å²) in [7, 11) is -4.09. The quantitative estimate of drug-likeness (QED) is 0.866.